The molecule has 2 fully saturated rings. The lowest BCUT2D eigenvalue weighted by atomic mass is 9.85. The molecule has 6 nitrogen and oxygen atoms in total. The number of allylic oxidation sites excluding steroid dienone is 2. The van der Waals surface area contributed by atoms with Gasteiger partial charge in [0.1, 0.15) is 5.02 Å². The van der Waals surface area contributed by atoms with E-state index in [2.05, 4.69) is 0 Å². The first kappa shape index (κ1) is 13.5. The number of halogens is 1. The van der Waals surface area contributed by atoms with Crippen molar-refractivity contribution < 1.29 is 14.5 Å². The summed E-state index contributed by atoms with van der Waals surface area (Å²) in [6, 6.07) is 4.01. The molecule has 2 aliphatic carbocycles. The lowest BCUT2D eigenvalue weighted by Crippen LogP contribution is -2.32. The average molecular weight is 319 g/mol. The highest BCUT2D eigenvalue weighted by atomic mass is 35.5. The molecule has 1 aromatic carbocycles. The maximum atomic E-state index is 12.6. The second kappa shape index (κ2) is 4.39. The number of carbonyl (C=O) groups is 2. The van der Waals surface area contributed by atoms with E-state index in [1.807, 2.05) is 12.2 Å². The van der Waals surface area contributed by atoms with Crippen molar-refractivity contribution in [3.8, 4) is 0 Å². The number of hydrogen-bond donors (Lipinski definition) is 0. The molecule has 0 radical (unpaired) electrons. The van der Waals surface area contributed by atoms with Gasteiger partial charge in [-0.3, -0.25) is 19.7 Å². The fourth-order valence-electron chi connectivity index (χ4n) is 3.94. The van der Waals surface area contributed by atoms with E-state index in [1.54, 1.807) is 0 Å². The molecule has 1 aliphatic heterocycles. The summed E-state index contributed by atoms with van der Waals surface area (Å²) in [5.41, 5.74) is -0.0853. The summed E-state index contributed by atoms with van der Waals surface area (Å²) in [5.74, 6) is -0.945. The van der Waals surface area contributed by atoms with Gasteiger partial charge in [-0.25, -0.2) is 4.90 Å². The number of carbonyl (C=O) groups excluding carboxylic acids is 2. The van der Waals surface area contributed by atoms with E-state index in [0.717, 1.165) is 11.3 Å². The van der Waals surface area contributed by atoms with Crippen LogP contribution in [0.5, 0.6) is 0 Å². The normalized spacial score (nSPS) is 32.0. The number of nitrogens with zero attached hydrogens (tertiary/aromatic N) is 2. The molecule has 2 amide bonds. The van der Waals surface area contributed by atoms with Gasteiger partial charge >= 0.3 is 0 Å². The fraction of sp³-hybridized carbons (Fsp3) is 0.333. The Hall–Kier alpha value is -2.21. The van der Waals surface area contributed by atoms with Gasteiger partial charge in [0.2, 0.25) is 11.8 Å². The Morgan fingerprint density at radius 1 is 1.14 bits per heavy atom. The van der Waals surface area contributed by atoms with Crippen LogP contribution < -0.4 is 4.90 Å². The Morgan fingerprint density at radius 3 is 2.27 bits per heavy atom. The number of benzene rings is 1. The minimum atomic E-state index is -0.622. The number of fused-ring (bicyclic) bond motifs is 5. The number of nitro groups is 1. The molecule has 22 heavy (non-hydrogen) atoms. The summed E-state index contributed by atoms with van der Waals surface area (Å²) >= 11 is 5.78. The lowest BCUT2D eigenvalue weighted by Gasteiger charge is -2.17. The van der Waals surface area contributed by atoms with Crippen LogP contribution in [-0.4, -0.2) is 16.7 Å². The van der Waals surface area contributed by atoms with Crippen molar-refractivity contribution in [1.29, 1.82) is 0 Å². The molecule has 4 unspecified atom stereocenters. The van der Waals surface area contributed by atoms with Crippen LogP contribution in [0.4, 0.5) is 11.4 Å². The van der Waals surface area contributed by atoms with Crippen LogP contribution in [0.25, 0.3) is 0 Å². The summed E-state index contributed by atoms with van der Waals surface area (Å²) in [7, 11) is 0. The van der Waals surface area contributed by atoms with E-state index in [9.17, 15) is 19.7 Å². The molecule has 1 saturated carbocycles. The zero-order chi connectivity index (χ0) is 15.6. The highest BCUT2D eigenvalue weighted by Gasteiger charge is 2.59. The topological polar surface area (TPSA) is 80.5 Å². The van der Waals surface area contributed by atoms with Gasteiger partial charge in [-0.1, -0.05) is 23.8 Å². The molecule has 4 rings (SSSR count). The third-order valence-electron chi connectivity index (χ3n) is 4.85. The van der Waals surface area contributed by atoms with Crippen LogP contribution in [-0.2, 0) is 9.59 Å². The largest absolute Gasteiger partial charge is 0.289 e. The molecule has 7 heteroatoms. The Kier molecular flexibility index (Phi) is 2.69. The Labute approximate surface area is 130 Å². The highest BCUT2D eigenvalue weighted by molar-refractivity contribution is 6.33. The van der Waals surface area contributed by atoms with Gasteiger partial charge < -0.3 is 0 Å². The van der Waals surface area contributed by atoms with Crippen molar-refractivity contribution in [3.05, 3.63) is 45.5 Å². The minimum absolute atomic E-state index is 0.0187. The van der Waals surface area contributed by atoms with Crippen LogP contribution in [0.1, 0.15) is 6.42 Å². The summed E-state index contributed by atoms with van der Waals surface area (Å²) in [5, 5.41) is 11.0. The molecule has 4 atom stereocenters. The van der Waals surface area contributed by atoms with Crippen LogP contribution in [0.3, 0.4) is 0 Å². The maximum absolute atomic E-state index is 12.6. The van der Waals surface area contributed by atoms with Gasteiger partial charge in [0, 0.05) is 6.07 Å². The number of hydrogen-bond acceptors (Lipinski definition) is 4. The molecule has 0 N–H and O–H groups in total. The maximum Gasteiger partial charge on any atom is 0.289 e. The monoisotopic (exact) mass is 318 g/mol. The standard InChI is InChI=1S/C15H11ClN2O4/c16-10-4-3-9(6-11(10)18(21)22)17-14(19)12-7-1-2-8(5-7)13(12)15(17)20/h1-4,6-8,12-13H,5H2. The Morgan fingerprint density at radius 2 is 1.73 bits per heavy atom. The Bertz CT molecular complexity index is 730. The predicted octanol–water partition coefficient (Wildman–Crippen LogP) is 2.56. The van der Waals surface area contributed by atoms with Gasteiger partial charge in [0.25, 0.3) is 5.69 Å². The van der Waals surface area contributed by atoms with Crippen molar-refractivity contribution in [3.63, 3.8) is 0 Å². The molecule has 1 saturated heterocycles. The van der Waals surface area contributed by atoms with Gasteiger partial charge in [0.05, 0.1) is 22.4 Å². The predicted molar refractivity (Wildman–Crippen MR) is 78.3 cm³/mol. The van der Waals surface area contributed by atoms with Crippen LogP contribution >= 0.6 is 11.6 Å². The smallest absolute Gasteiger partial charge is 0.274 e. The fourth-order valence-corrected chi connectivity index (χ4v) is 4.12. The van der Waals surface area contributed by atoms with Crippen molar-refractivity contribution in [2.45, 2.75) is 6.42 Å². The zero-order valence-corrected chi connectivity index (χ0v) is 12.1. The van der Waals surface area contributed by atoms with Crippen molar-refractivity contribution in [2.75, 3.05) is 4.90 Å². The first-order valence-electron chi connectivity index (χ1n) is 6.99. The molecule has 3 aliphatic rings. The molecular formula is C15H11ClN2O4. The Balaban J connectivity index is 1.76. The lowest BCUT2D eigenvalue weighted by molar-refractivity contribution is -0.384. The van der Waals surface area contributed by atoms with Crippen LogP contribution in [0, 0.1) is 33.8 Å². The average Bonchev–Trinajstić information content (AvgIpc) is 3.14. The molecule has 0 spiro atoms. The summed E-state index contributed by atoms with van der Waals surface area (Å²) in [6.07, 6.45) is 4.86. The number of rotatable bonds is 2. The minimum Gasteiger partial charge on any atom is -0.274 e. The van der Waals surface area contributed by atoms with Crippen molar-refractivity contribution in [2.24, 2.45) is 23.7 Å². The SMILES string of the molecule is O=C1C2C3C=CC(C3)C2C(=O)N1c1ccc(Cl)c([N+](=O)[O-])c1. The number of nitro benzene ring substituents is 1. The number of imide groups is 1. The van der Waals surface area contributed by atoms with Crippen LogP contribution in [0.15, 0.2) is 30.4 Å². The van der Waals surface area contributed by atoms with Gasteiger partial charge in [-0.15, -0.1) is 0 Å². The van der Waals surface area contributed by atoms with Gasteiger partial charge in [-0.2, -0.15) is 0 Å². The third-order valence-corrected chi connectivity index (χ3v) is 5.17. The first-order valence-corrected chi connectivity index (χ1v) is 7.37. The van der Waals surface area contributed by atoms with Gasteiger partial charge in [-0.05, 0) is 30.4 Å². The van der Waals surface area contributed by atoms with Crippen molar-refractivity contribution in [1.82, 2.24) is 0 Å². The highest BCUT2D eigenvalue weighted by Crippen LogP contribution is 2.53. The summed E-state index contributed by atoms with van der Waals surface area (Å²) < 4.78 is 0. The number of amides is 2. The molecule has 0 aromatic heterocycles. The zero-order valence-electron chi connectivity index (χ0n) is 11.3. The molecule has 1 aromatic rings. The molecule has 2 bridgehead atoms. The van der Waals surface area contributed by atoms with E-state index in [4.69, 9.17) is 11.6 Å². The van der Waals surface area contributed by atoms with E-state index < -0.39 is 4.92 Å². The quantitative estimate of drug-likeness (QED) is 0.363. The first-order chi connectivity index (χ1) is 10.5. The summed E-state index contributed by atoms with van der Waals surface area (Å²) in [4.78, 5) is 36.7. The van der Waals surface area contributed by atoms with E-state index in [0.29, 0.717) is 0 Å². The van der Waals surface area contributed by atoms with E-state index in [1.165, 1.54) is 18.2 Å². The van der Waals surface area contributed by atoms with Gasteiger partial charge in [0.15, 0.2) is 0 Å². The second-order valence-electron chi connectivity index (χ2n) is 5.90. The molecular weight excluding hydrogens is 308 g/mol. The number of anilines is 1. The second-order valence-corrected chi connectivity index (χ2v) is 6.31. The van der Waals surface area contributed by atoms with Crippen LogP contribution in [0.2, 0.25) is 5.02 Å². The van der Waals surface area contributed by atoms with Crippen molar-refractivity contribution >= 4 is 34.8 Å². The summed E-state index contributed by atoms with van der Waals surface area (Å²) in [6.45, 7) is 0. The van der Waals surface area contributed by atoms with E-state index >= 15 is 0 Å². The third kappa shape index (κ3) is 1.61. The molecule has 112 valence electrons. The molecule has 1 heterocycles. The van der Waals surface area contributed by atoms with E-state index in [-0.39, 0.29) is 51.9 Å².